The summed E-state index contributed by atoms with van der Waals surface area (Å²) in [6.45, 7) is 0. The van der Waals surface area contributed by atoms with Crippen molar-refractivity contribution in [1.82, 2.24) is 0 Å². The lowest BCUT2D eigenvalue weighted by molar-refractivity contribution is 0.415. The summed E-state index contributed by atoms with van der Waals surface area (Å²) >= 11 is 1.37. The molecule has 0 bridgehead atoms. The molecule has 0 radical (unpaired) electrons. The summed E-state index contributed by atoms with van der Waals surface area (Å²) in [7, 11) is 1.62. The summed E-state index contributed by atoms with van der Waals surface area (Å²) < 4.78 is 18.2. The van der Waals surface area contributed by atoms with Crippen LogP contribution >= 0.6 is 28.7 Å². The van der Waals surface area contributed by atoms with Gasteiger partial charge in [-0.25, -0.2) is 4.39 Å². The Balaban J connectivity index is 0.00000225. The third-order valence-electron chi connectivity index (χ3n) is 3.34. The number of amidine groups is 1. The molecule has 1 aliphatic heterocycles. The second-order valence-corrected chi connectivity index (χ2v) is 5.87. The zero-order valence-corrected chi connectivity index (χ0v) is 15.8. The second kappa shape index (κ2) is 8.73. The first-order valence-corrected chi connectivity index (χ1v) is 8.03. The van der Waals surface area contributed by atoms with Crippen LogP contribution in [0.25, 0.3) is 11.8 Å². The lowest BCUT2D eigenvalue weighted by atomic mass is 10.2. The Bertz CT molecular complexity index is 846. The van der Waals surface area contributed by atoms with Crippen molar-refractivity contribution in [2.24, 2.45) is 10.2 Å². The van der Waals surface area contributed by atoms with Crippen molar-refractivity contribution in [3.63, 3.8) is 0 Å². The largest absolute Gasteiger partial charge is 0.497 e. The van der Waals surface area contributed by atoms with Gasteiger partial charge in [0.2, 0.25) is 0 Å². The minimum absolute atomic E-state index is 0. The Morgan fingerprint density at radius 2 is 1.72 bits per heavy atom. The quantitative estimate of drug-likeness (QED) is 0.669. The van der Waals surface area contributed by atoms with Crippen molar-refractivity contribution in [3.05, 3.63) is 75.8 Å². The number of halogens is 2. The van der Waals surface area contributed by atoms with Gasteiger partial charge in [0.15, 0.2) is 5.84 Å². The van der Waals surface area contributed by atoms with Gasteiger partial charge >= 0.3 is 0 Å². The zero-order chi connectivity index (χ0) is 16.9. The maximum atomic E-state index is 13.0. The third-order valence-corrected chi connectivity index (χ3v) is 4.25. The number of thioether (sulfide) groups is 1. The number of rotatable bonds is 3. The van der Waals surface area contributed by atoms with Gasteiger partial charge in [0.25, 0.3) is 0 Å². The molecule has 0 fully saturated rings. The number of hydrogen-bond donors (Lipinski definition) is 1. The minimum Gasteiger partial charge on any atom is -0.497 e. The molecular formula is C18H15BrFN3OS. The van der Waals surface area contributed by atoms with Crippen LogP contribution in [0.2, 0.25) is 0 Å². The van der Waals surface area contributed by atoms with E-state index in [1.54, 1.807) is 19.2 Å². The van der Waals surface area contributed by atoms with Crippen molar-refractivity contribution >= 4 is 46.4 Å². The molecule has 0 spiro atoms. The van der Waals surface area contributed by atoms with Gasteiger partial charge in [-0.05, 0) is 48.0 Å². The topological polar surface area (TPSA) is 57.8 Å². The molecule has 2 aromatic rings. The number of benzene rings is 2. The molecule has 7 heteroatoms. The van der Waals surface area contributed by atoms with Gasteiger partial charge in [-0.3, -0.25) is 5.41 Å². The van der Waals surface area contributed by atoms with Crippen LogP contribution < -0.4 is 4.74 Å². The first kappa shape index (κ1) is 19.1. The predicted molar refractivity (Wildman–Crippen MR) is 106 cm³/mol. The van der Waals surface area contributed by atoms with Crippen LogP contribution in [-0.2, 0) is 0 Å². The van der Waals surface area contributed by atoms with Crippen LogP contribution in [0.3, 0.4) is 0 Å². The normalized spacial score (nSPS) is 15.4. The average Bonchev–Trinajstić information content (AvgIpc) is 2.79. The van der Waals surface area contributed by atoms with Crippen LogP contribution in [0.1, 0.15) is 11.1 Å². The number of hydrogen-bond acceptors (Lipinski definition) is 4. The number of ether oxygens (including phenoxy) is 1. The van der Waals surface area contributed by atoms with Crippen molar-refractivity contribution in [3.8, 4) is 5.75 Å². The van der Waals surface area contributed by atoms with Gasteiger partial charge in [-0.2, -0.15) is 0 Å². The monoisotopic (exact) mass is 419 g/mol. The average molecular weight is 420 g/mol. The van der Waals surface area contributed by atoms with Crippen molar-refractivity contribution in [1.29, 1.82) is 5.41 Å². The van der Waals surface area contributed by atoms with Crippen LogP contribution in [0.5, 0.6) is 5.75 Å². The molecule has 25 heavy (non-hydrogen) atoms. The van der Waals surface area contributed by atoms with E-state index >= 15 is 0 Å². The summed E-state index contributed by atoms with van der Waals surface area (Å²) in [5.74, 6) is 0.563. The Morgan fingerprint density at radius 1 is 1.04 bits per heavy atom. The Kier molecular flexibility index (Phi) is 6.66. The van der Waals surface area contributed by atoms with E-state index in [1.807, 2.05) is 35.7 Å². The number of nitrogens with zero attached hydrogens (tertiary/aromatic N) is 2. The maximum absolute atomic E-state index is 13.0. The molecule has 0 aromatic heterocycles. The highest BCUT2D eigenvalue weighted by Gasteiger charge is 2.11. The standard InChI is InChI=1S/C18H14FN3OS.BrH/c1-23-15-8-2-12(3-9-15)10-17-18(20)22-21-16(11-24-17)13-4-6-14(19)7-5-13;/h2-11,20H,1H3;1H. The van der Waals surface area contributed by atoms with Crippen LogP contribution in [0, 0.1) is 11.2 Å². The molecule has 0 aliphatic carbocycles. The molecule has 0 amide bonds. The van der Waals surface area contributed by atoms with E-state index in [4.69, 9.17) is 10.1 Å². The predicted octanol–water partition coefficient (Wildman–Crippen LogP) is 5.93. The number of azo groups is 1. The van der Waals surface area contributed by atoms with Gasteiger partial charge in [0, 0.05) is 11.0 Å². The van der Waals surface area contributed by atoms with Crippen LogP contribution in [-0.4, -0.2) is 12.9 Å². The van der Waals surface area contributed by atoms with E-state index < -0.39 is 0 Å². The fourth-order valence-corrected chi connectivity index (χ4v) is 2.83. The van der Waals surface area contributed by atoms with Crippen LogP contribution in [0.15, 0.2) is 69.1 Å². The van der Waals surface area contributed by atoms with E-state index in [0.717, 1.165) is 16.9 Å². The van der Waals surface area contributed by atoms with E-state index in [-0.39, 0.29) is 28.6 Å². The Labute approximate surface area is 159 Å². The van der Waals surface area contributed by atoms with E-state index in [1.165, 1.54) is 23.9 Å². The lowest BCUT2D eigenvalue weighted by Crippen LogP contribution is -1.91. The summed E-state index contributed by atoms with van der Waals surface area (Å²) in [5, 5.41) is 17.9. The van der Waals surface area contributed by atoms with Crippen LogP contribution in [0.4, 0.5) is 4.39 Å². The molecule has 2 aromatic carbocycles. The molecule has 0 atom stereocenters. The highest BCUT2D eigenvalue weighted by atomic mass is 79.9. The second-order valence-electron chi connectivity index (χ2n) is 4.96. The van der Waals surface area contributed by atoms with Gasteiger partial charge < -0.3 is 4.74 Å². The molecule has 1 N–H and O–H groups in total. The van der Waals surface area contributed by atoms with Crippen molar-refractivity contribution in [2.75, 3.05) is 7.11 Å². The summed E-state index contributed by atoms with van der Waals surface area (Å²) in [6, 6.07) is 13.6. The molecule has 4 nitrogen and oxygen atoms in total. The third kappa shape index (κ3) is 4.87. The lowest BCUT2D eigenvalue weighted by Gasteiger charge is -2.02. The molecule has 0 saturated carbocycles. The summed E-state index contributed by atoms with van der Waals surface area (Å²) in [5.41, 5.74) is 2.30. The molecular weight excluding hydrogens is 405 g/mol. The molecule has 1 heterocycles. The Hall–Kier alpha value is -2.25. The van der Waals surface area contributed by atoms with Crippen molar-refractivity contribution < 1.29 is 9.13 Å². The summed E-state index contributed by atoms with van der Waals surface area (Å²) in [6.07, 6.45) is 1.87. The smallest absolute Gasteiger partial charge is 0.181 e. The minimum atomic E-state index is -0.301. The first-order chi connectivity index (χ1) is 11.7. The van der Waals surface area contributed by atoms with Gasteiger partial charge in [-0.15, -0.1) is 27.2 Å². The molecule has 3 rings (SSSR count). The van der Waals surface area contributed by atoms with E-state index in [9.17, 15) is 4.39 Å². The Morgan fingerprint density at radius 3 is 2.36 bits per heavy atom. The highest BCUT2D eigenvalue weighted by molar-refractivity contribution is 8.93. The first-order valence-electron chi connectivity index (χ1n) is 7.15. The maximum Gasteiger partial charge on any atom is 0.181 e. The zero-order valence-electron chi connectivity index (χ0n) is 13.3. The molecule has 0 unspecified atom stereocenters. The SMILES string of the molecule is Br.COc1ccc(C=C2SC=C(c3ccc(F)cc3)N=NC2=N)cc1. The highest BCUT2D eigenvalue weighted by Crippen LogP contribution is 2.31. The molecule has 128 valence electrons. The van der Waals surface area contributed by atoms with Gasteiger partial charge in [0.1, 0.15) is 11.6 Å². The number of nitrogens with one attached hydrogen (secondary N) is 1. The molecule has 1 aliphatic rings. The fraction of sp³-hybridized carbons (Fsp3) is 0.0556. The molecule has 0 saturated heterocycles. The van der Waals surface area contributed by atoms with E-state index in [0.29, 0.717) is 10.6 Å². The van der Waals surface area contributed by atoms with Gasteiger partial charge in [-0.1, -0.05) is 23.9 Å². The summed E-state index contributed by atoms with van der Waals surface area (Å²) in [4.78, 5) is 0.682. The van der Waals surface area contributed by atoms with E-state index in [2.05, 4.69) is 10.2 Å². The number of methoxy groups -OCH3 is 1. The van der Waals surface area contributed by atoms with Gasteiger partial charge in [0.05, 0.1) is 17.7 Å². The fourth-order valence-electron chi connectivity index (χ4n) is 2.05. The van der Waals surface area contributed by atoms with Crippen molar-refractivity contribution in [2.45, 2.75) is 0 Å².